The molecule has 0 aliphatic heterocycles. The Labute approximate surface area is 120 Å². The van der Waals surface area contributed by atoms with E-state index in [1.807, 2.05) is 24.3 Å². The van der Waals surface area contributed by atoms with Crippen molar-refractivity contribution in [3.05, 3.63) is 52.8 Å². The maximum atomic E-state index is 5.42. The van der Waals surface area contributed by atoms with Gasteiger partial charge in [0, 0.05) is 6.20 Å². The lowest BCUT2D eigenvalue weighted by molar-refractivity contribution is 0.416. The number of methoxy groups -OCH3 is 1. The average molecular weight is 317 g/mol. The molecule has 0 aliphatic carbocycles. The van der Waals surface area contributed by atoms with Gasteiger partial charge in [-0.1, -0.05) is 18.2 Å². The second-order valence-corrected chi connectivity index (χ2v) is 5.14. The zero-order valence-corrected chi connectivity index (χ0v) is 12.3. The van der Waals surface area contributed by atoms with Crippen LogP contribution >= 0.6 is 15.9 Å². The number of halogens is 1. The Balaban J connectivity index is 2.33. The van der Waals surface area contributed by atoms with Crippen molar-refractivity contribution >= 4 is 21.4 Å². The van der Waals surface area contributed by atoms with Crippen LogP contribution in [0.25, 0.3) is 16.9 Å². The summed E-state index contributed by atoms with van der Waals surface area (Å²) < 4.78 is 8.34. The topological polar surface area (TPSA) is 26.5 Å². The molecule has 0 unspecified atom stereocenters. The second-order valence-electron chi connectivity index (χ2n) is 4.39. The Morgan fingerprint density at radius 1 is 1.16 bits per heavy atom. The summed E-state index contributed by atoms with van der Waals surface area (Å²) in [5.74, 6) is 1.70. The molecule has 0 spiro atoms. The highest BCUT2D eigenvalue weighted by Crippen LogP contribution is 2.32. The van der Waals surface area contributed by atoms with Crippen molar-refractivity contribution in [2.24, 2.45) is 0 Å². The highest BCUT2D eigenvalue weighted by Gasteiger charge is 2.14. The predicted molar refractivity (Wildman–Crippen MR) is 79.6 cm³/mol. The maximum absolute atomic E-state index is 5.42. The van der Waals surface area contributed by atoms with Gasteiger partial charge in [0.1, 0.15) is 16.2 Å². The van der Waals surface area contributed by atoms with Gasteiger partial charge in [-0.05, 0) is 46.6 Å². The number of aryl methyl sites for hydroxylation is 1. The van der Waals surface area contributed by atoms with E-state index in [9.17, 15) is 0 Å². The molecule has 1 aromatic carbocycles. The molecular weight excluding hydrogens is 304 g/mol. The van der Waals surface area contributed by atoms with Crippen molar-refractivity contribution in [2.45, 2.75) is 6.92 Å². The van der Waals surface area contributed by atoms with Crippen LogP contribution in [0.4, 0.5) is 0 Å². The van der Waals surface area contributed by atoms with E-state index in [1.165, 1.54) is 5.56 Å². The molecule has 0 saturated carbocycles. The molecule has 3 rings (SSSR count). The number of para-hydroxylation sites is 1. The van der Waals surface area contributed by atoms with Crippen LogP contribution in [0.3, 0.4) is 0 Å². The van der Waals surface area contributed by atoms with E-state index in [-0.39, 0.29) is 0 Å². The van der Waals surface area contributed by atoms with E-state index >= 15 is 0 Å². The molecule has 0 aliphatic rings. The molecule has 0 N–H and O–H groups in total. The molecular formula is C15H13BrN2O. The van der Waals surface area contributed by atoms with Crippen LogP contribution in [-0.2, 0) is 0 Å². The Hall–Kier alpha value is -1.81. The van der Waals surface area contributed by atoms with Gasteiger partial charge in [-0.2, -0.15) is 0 Å². The monoisotopic (exact) mass is 316 g/mol. The van der Waals surface area contributed by atoms with Gasteiger partial charge >= 0.3 is 0 Å². The van der Waals surface area contributed by atoms with Crippen molar-refractivity contribution < 1.29 is 4.74 Å². The third-order valence-electron chi connectivity index (χ3n) is 3.09. The minimum atomic E-state index is 0.823. The Bertz CT molecular complexity index is 749. The number of hydrogen-bond donors (Lipinski definition) is 0. The summed E-state index contributed by atoms with van der Waals surface area (Å²) in [6, 6.07) is 12.0. The van der Waals surface area contributed by atoms with Crippen LogP contribution < -0.4 is 4.74 Å². The fraction of sp³-hybridized carbons (Fsp3) is 0.133. The van der Waals surface area contributed by atoms with E-state index in [4.69, 9.17) is 4.74 Å². The van der Waals surface area contributed by atoms with Crippen molar-refractivity contribution in [1.29, 1.82) is 0 Å². The molecule has 4 heteroatoms. The van der Waals surface area contributed by atoms with Crippen LogP contribution in [0.1, 0.15) is 5.56 Å². The first-order valence-corrected chi connectivity index (χ1v) is 6.77. The number of ether oxygens (including phenoxy) is 1. The fourth-order valence-corrected chi connectivity index (χ4v) is 2.66. The zero-order valence-electron chi connectivity index (χ0n) is 10.7. The Morgan fingerprint density at radius 3 is 2.74 bits per heavy atom. The summed E-state index contributed by atoms with van der Waals surface area (Å²) in [5, 5.41) is 0. The Morgan fingerprint density at radius 2 is 1.95 bits per heavy atom. The number of benzene rings is 1. The SMILES string of the molecule is COc1ccccc1-c1nc(Br)c2ccc(C)cn12. The smallest absolute Gasteiger partial charge is 0.149 e. The highest BCUT2D eigenvalue weighted by atomic mass is 79.9. The largest absolute Gasteiger partial charge is 0.496 e. The summed E-state index contributed by atoms with van der Waals surface area (Å²) >= 11 is 3.51. The molecule has 3 nitrogen and oxygen atoms in total. The van der Waals surface area contributed by atoms with Crippen LogP contribution in [0.2, 0.25) is 0 Å². The third kappa shape index (κ3) is 2.02. The molecule has 0 bridgehead atoms. The van der Waals surface area contributed by atoms with E-state index in [0.29, 0.717) is 0 Å². The van der Waals surface area contributed by atoms with E-state index in [0.717, 1.165) is 27.3 Å². The molecule has 0 radical (unpaired) electrons. The van der Waals surface area contributed by atoms with Crippen LogP contribution in [0, 0.1) is 6.92 Å². The van der Waals surface area contributed by atoms with Gasteiger partial charge in [0.2, 0.25) is 0 Å². The zero-order chi connectivity index (χ0) is 13.4. The number of nitrogens with zero attached hydrogens (tertiary/aromatic N) is 2. The summed E-state index contributed by atoms with van der Waals surface area (Å²) in [7, 11) is 1.68. The van der Waals surface area contributed by atoms with Crippen molar-refractivity contribution in [3.63, 3.8) is 0 Å². The van der Waals surface area contributed by atoms with Crippen molar-refractivity contribution in [3.8, 4) is 17.1 Å². The molecule has 96 valence electrons. The second kappa shape index (κ2) is 4.70. The highest BCUT2D eigenvalue weighted by molar-refractivity contribution is 9.10. The number of imidazole rings is 1. The van der Waals surface area contributed by atoms with Gasteiger partial charge in [-0.25, -0.2) is 4.98 Å². The molecule has 2 heterocycles. The van der Waals surface area contributed by atoms with Gasteiger partial charge < -0.3 is 4.74 Å². The quantitative estimate of drug-likeness (QED) is 0.712. The molecule has 3 aromatic rings. The molecule has 0 saturated heterocycles. The van der Waals surface area contributed by atoms with Crippen LogP contribution in [0.5, 0.6) is 5.75 Å². The summed E-state index contributed by atoms with van der Waals surface area (Å²) in [6.07, 6.45) is 2.08. The third-order valence-corrected chi connectivity index (χ3v) is 3.67. The maximum Gasteiger partial charge on any atom is 0.149 e. The summed E-state index contributed by atoms with van der Waals surface area (Å²) in [4.78, 5) is 4.61. The first-order valence-electron chi connectivity index (χ1n) is 5.98. The number of hydrogen-bond acceptors (Lipinski definition) is 2. The number of fused-ring (bicyclic) bond motifs is 1. The standard InChI is InChI=1S/C15H13BrN2O/c1-10-7-8-12-14(16)17-15(18(12)9-10)11-5-3-4-6-13(11)19-2/h3-9H,1-2H3. The molecule has 2 aromatic heterocycles. The summed E-state index contributed by atoms with van der Waals surface area (Å²) in [6.45, 7) is 2.07. The number of pyridine rings is 1. The van der Waals surface area contributed by atoms with Gasteiger partial charge in [-0.3, -0.25) is 4.40 Å². The van der Waals surface area contributed by atoms with Gasteiger partial charge in [-0.15, -0.1) is 0 Å². The lowest BCUT2D eigenvalue weighted by atomic mass is 10.2. The molecule has 0 atom stereocenters. The molecule has 19 heavy (non-hydrogen) atoms. The normalized spacial score (nSPS) is 10.9. The van der Waals surface area contributed by atoms with E-state index < -0.39 is 0 Å². The lowest BCUT2D eigenvalue weighted by Crippen LogP contribution is -1.93. The molecule has 0 amide bonds. The lowest BCUT2D eigenvalue weighted by Gasteiger charge is -2.07. The van der Waals surface area contributed by atoms with Crippen LogP contribution in [0.15, 0.2) is 47.2 Å². The van der Waals surface area contributed by atoms with Crippen LogP contribution in [-0.4, -0.2) is 16.5 Å². The summed E-state index contributed by atoms with van der Waals surface area (Å²) in [5.41, 5.74) is 3.22. The number of aromatic nitrogens is 2. The Kier molecular flexibility index (Phi) is 3.03. The van der Waals surface area contributed by atoms with Gasteiger partial charge in [0.05, 0.1) is 18.2 Å². The van der Waals surface area contributed by atoms with E-state index in [2.05, 4.69) is 50.6 Å². The fourth-order valence-electron chi connectivity index (χ4n) is 2.17. The predicted octanol–water partition coefficient (Wildman–Crippen LogP) is 4.08. The van der Waals surface area contributed by atoms with Crippen molar-refractivity contribution in [1.82, 2.24) is 9.38 Å². The van der Waals surface area contributed by atoms with E-state index in [1.54, 1.807) is 7.11 Å². The number of rotatable bonds is 2. The van der Waals surface area contributed by atoms with Gasteiger partial charge in [0.15, 0.2) is 0 Å². The first kappa shape index (κ1) is 12.2. The minimum Gasteiger partial charge on any atom is -0.496 e. The minimum absolute atomic E-state index is 0.823. The molecule has 0 fully saturated rings. The van der Waals surface area contributed by atoms with Gasteiger partial charge in [0.25, 0.3) is 0 Å². The average Bonchev–Trinajstić information content (AvgIpc) is 2.75. The van der Waals surface area contributed by atoms with Crippen molar-refractivity contribution in [2.75, 3.05) is 7.11 Å². The first-order chi connectivity index (χ1) is 9.20.